The van der Waals surface area contributed by atoms with Gasteiger partial charge in [-0.15, -0.1) is 0 Å². The maximum Gasteiger partial charge on any atom is 0.325 e. The molecule has 0 amide bonds. The van der Waals surface area contributed by atoms with Crippen LogP contribution in [0.3, 0.4) is 0 Å². The van der Waals surface area contributed by atoms with Crippen LogP contribution in [0.1, 0.15) is 25.7 Å². The second-order valence-electron chi connectivity index (χ2n) is 6.29. The van der Waals surface area contributed by atoms with Crippen LogP contribution in [0.5, 0.6) is 0 Å². The Hall–Kier alpha value is -3.02. The van der Waals surface area contributed by atoms with E-state index in [9.17, 15) is 9.59 Å². The minimum atomic E-state index is -0.260. The summed E-state index contributed by atoms with van der Waals surface area (Å²) in [6.45, 7) is 1.15. The number of hydrogen-bond acceptors (Lipinski definition) is 6. The molecule has 2 N–H and O–H groups in total. The van der Waals surface area contributed by atoms with Crippen molar-refractivity contribution < 1.29 is 19.1 Å². The third-order valence-corrected chi connectivity index (χ3v) is 3.99. The first-order valence-corrected chi connectivity index (χ1v) is 9.63. The van der Waals surface area contributed by atoms with Crippen LogP contribution < -0.4 is 10.6 Å². The molecule has 0 aromatic heterocycles. The molecule has 28 heavy (non-hydrogen) atoms. The molecule has 0 aliphatic heterocycles. The molecule has 150 valence electrons. The normalized spacial score (nSPS) is 10.1. The Bertz CT molecular complexity index is 631. The highest BCUT2D eigenvalue weighted by atomic mass is 16.5. The van der Waals surface area contributed by atoms with Gasteiger partial charge < -0.3 is 20.1 Å². The second-order valence-corrected chi connectivity index (χ2v) is 6.29. The summed E-state index contributed by atoms with van der Waals surface area (Å²) in [5.41, 5.74) is 1.79. The Balaban J connectivity index is 1.39. The lowest BCUT2D eigenvalue weighted by atomic mass is 10.2. The zero-order valence-electron chi connectivity index (χ0n) is 16.1. The Kier molecular flexibility index (Phi) is 10.0. The smallest absolute Gasteiger partial charge is 0.325 e. The van der Waals surface area contributed by atoms with Crippen molar-refractivity contribution >= 4 is 23.3 Å². The SMILES string of the molecule is O=C(CNc1ccccc1)OCCCCCCOC(=O)CNc1ccccc1. The van der Waals surface area contributed by atoms with Crippen LogP contribution in [0.25, 0.3) is 0 Å². The average Bonchev–Trinajstić information content (AvgIpc) is 2.74. The third kappa shape index (κ3) is 9.62. The Labute approximate surface area is 166 Å². The van der Waals surface area contributed by atoms with Crippen LogP contribution in [0.2, 0.25) is 0 Å². The Morgan fingerprint density at radius 3 is 1.39 bits per heavy atom. The lowest BCUT2D eigenvalue weighted by Crippen LogP contribution is -2.17. The maximum atomic E-state index is 11.6. The first kappa shape index (κ1) is 21.3. The molecule has 2 rings (SSSR count). The van der Waals surface area contributed by atoms with Crippen molar-refractivity contribution in [1.29, 1.82) is 0 Å². The van der Waals surface area contributed by atoms with E-state index < -0.39 is 0 Å². The number of benzene rings is 2. The largest absolute Gasteiger partial charge is 0.464 e. The number of para-hydroxylation sites is 2. The standard InChI is InChI=1S/C22H28N2O4/c25-21(17-23-19-11-5-3-6-12-19)27-15-9-1-2-10-16-28-22(26)18-24-20-13-7-4-8-14-20/h3-8,11-14,23-24H,1-2,9-10,15-18H2. The van der Waals surface area contributed by atoms with Crippen molar-refractivity contribution in [2.75, 3.05) is 36.9 Å². The number of carbonyl (C=O) groups excluding carboxylic acids is 2. The summed E-state index contributed by atoms with van der Waals surface area (Å²) in [7, 11) is 0. The van der Waals surface area contributed by atoms with E-state index in [1.54, 1.807) is 0 Å². The molecule has 0 saturated carbocycles. The van der Waals surface area contributed by atoms with Gasteiger partial charge >= 0.3 is 11.9 Å². The molecular formula is C22H28N2O4. The van der Waals surface area contributed by atoms with E-state index in [4.69, 9.17) is 9.47 Å². The molecule has 0 spiro atoms. The van der Waals surface area contributed by atoms with Gasteiger partial charge in [-0.3, -0.25) is 9.59 Å². The number of hydrogen-bond donors (Lipinski definition) is 2. The quantitative estimate of drug-likeness (QED) is 0.403. The van der Waals surface area contributed by atoms with Gasteiger partial charge in [0, 0.05) is 11.4 Å². The lowest BCUT2D eigenvalue weighted by molar-refractivity contribution is -0.142. The van der Waals surface area contributed by atoms with Crippen LogP contribution in [0.4, 0.5) is 11.4 Å². The average molecular weight is 384 g/mol. The van der Waals surface area contributed by atoms with Crippen molar-refractivity contribution in [3.05, 3.63) is 60.7 Å². The Morgan fingerprint density at radius 2 is 1.00 bits per heavy atom. The number of rotatable bonds is 13. The highest BCUT2D eigenvalue weighted by molar-refractivity contribution is 5.75. The fourth-order valence-corrected chi connectivity index (χ4v) is 2.49. The highest BCUT2D eigenvalue weighted by Crippen LogP contribution is 2.06. The van der Waals surface area contributed by atoms with Gasteiger partial charge in [-0.25, -0.2) is 0 Å². The summed E-state index contributed by atoms with van der Waals surface area (Å²) in [5.74, 6) is -0.521. The van der Waals surface area contributed by atoms with Crippen LogP contribution >= 0.6 is 0 Å². The molecule has 0 unspecified atom stereocenters. The molecule has 0 aliphatic rings. The molecule has 2 aromatic rings. The molecule has 0 atom stereocenters. The zero-order chi connectivity index (χ0) is 19.9. The predicted octanol–water partition coefficient (Wildman–Crippen LogP) is 3.86. The van der Waals surface area contributed by atoms with Gasteiger partial charge in [0.1, 0.15) is 13.1 Å². The van der Waals surface area contributed by atoms with Gasteiger partial charge in [0.25, 0.3) is 0 Å². The van der Waals surface area contributed by atoms with Gasteiger partial charge in [-0.05, 0) is 49.9 Å². The summed E-state index contributed by atoms with van der Waals surface area (Å²) in [5, 5.41) is 6.03. The number of esters is 2. The summed E-state index contributed by atoms with van der Waals surface area (Å²) < 4.78 is 10.4. The number of anilines is 2. The van der Waals surface area contributed by atoms with Gasteiger partial charge in [-0.1, -0.05) is 36.4 Å². The molecule has 0 saturated heterocycles. The predicted molar refractivity (Wildman–Crippen MR) is 110 cm³/mol. The van der Waals surface area contributed by atoms with Gasteiger partial charge in [0.05, 0.1) is 13.2 Å². The molecule has 2 aromatic carbocycles. The molecule has 6 heteroatoms. The first-order chi connectivity index (χ1) is 13.7. The van der Waals surface area contributed by atoms with Crippen molar-refractivity contribution in [3.63, 3.8) is 0 Å². The van der Waals surface area contributed by atoms with Crippen LogP contribution in [-0.2, 0) is 19.1 Å². The van der Waals surface area contributed by atoms with Crippen LogP contribution in [-0.4, -0.2) is 38.2 Å². The summed E-state index contributed by atoms with van der Waals surface area (Å²) >= 11 is 0. The molecule has 0 fully saturated rings. The van der Waals surface area contributed by atoms with Crippen molar-refractivity contribution in [1.82, 2.24) is 0 Å². The maximum absolute atomic E-state index is 11.6. The second kappa shape index (κ2) is 13.2. The van der Waals surface area contributed by atoms with E-state index in [0.29, 0.717) is 13.2 Å². The van der Waals surface area contributed by atoms with E-state index in [-0.39, 0.29) is 25.0 Å². The topological polar surface area (TPSA) is 76.7 Å². The van der Waals surface area contributed by atoms with Crippen molar-refractivity contribution in [3.8, 4) is 0 Å². The van der Waals surface area contributed by atoms with E-state index in [0.717, 1.165) is 37.1 Å². The third-order valence-electron chi connectivity index (χ3n) is 3.99. The summed E-state index contributed by atoms with van der Waals surface area (Å²) in [6.07, 6.45) is 3.47. The number of nitrogens with one attached hydrogen (secondary N) is 2. The van der Waals surface area contributed by atoms with E-state index in [2.05, 4.69) is 10.6 Å². The molecule has 0 radical (unpaired) electrons. The van der Waals surface area contributed by atoms with E-state index >= 15 is 0 Å². The monoisotopic (exact) mass is 384 g/mol. The zero-order valence-corrected chi connectivity index (χ0v) is 16.1. The fraction of sp³-hybridized carbons (Fsp3) is 0.364. The van der Waals surface area contributed by atoms with Crippen molar-refractivity contribution in [2.45, 2.75) is 25.7 Å². The Morgan fingerprint density at radius 1 is 0.607 bits per heavy atom. The molecule has 0 aliphatic carbocycles. The molecular weight excluding hydrogens is 356 g/mol. The van der Waals surface area contributed by atoms with Gasteiger partial charge in [0.15, 0.2) is 0 Å². The van der Waals surface area contributed by atoms with Gasteiger partial charge in [-0.2, -0.15) is 0 Å². The summed E-state index contributed by atoms with van der Waals surface area (Å²) in [6, 6.07) is 19.1. The van der Waals surface area contributed by atoms with Crippen LogP contribution in [0, 0.1) is 0 Å². The summed E-state index contributed by atoms with van der Waals surface area (Å²) in [4.78, 5) is 23.3. The van der Waals surface area contributed by atoms with Crippen molar-refractivity contribution in [2.24, 2.45) is 0 Å². The molecule has 0 heterocycles. The van der Waals surface area contributed by atoms with Gasteiger partial charge in [0.2, 0.25) is 0 Å². The fourth-order valence-electron chi connectivity index (χ4n) is 2.49. The van der Waals surface area contributed by atoms with Crippen LogP contribution in [0.15, 0.2) is 60.7 Å². The van der Waals surface area contributed by atoms with E-state index in [1.165, 1.54) is 0 Å². The highest BCUT2D eigenvalue weighted by Gasteiger charge is 2.04. The number of carbonyl (C=O) groups is 2. The minimum absolute atomic E-state index is 0.164. The number of unbranched alkanes of at least 4 members (excludes halogenated alkanes) is 3. The molecule has 6 nitrogen and oxygen atoms in total. The first-order valence-electron chi connectivity index (χ1n) is 9.63. The lowest BCUT2D eigenvalue weighted by Gasteiger charge is -2.08. The minimum Gasteiger partial charge on any atom is -0.464 e. The molecule has 0 bridgehead atoms. The number of ether oxygens (including phenoxy) is 2. The van der Waals surface area contributed by atoms with E-state index in [1.807, 2.05) is 60.7 Å².